The van der Waals surface area contributed by atoms with Gasteiger partial charge in [-0.25, -0.2) is 4.98 Å². The van der Waals surface area contributed by atoms with Crippen LogP contribution >= 0.6 is 0 Å². The van der Waals surface area contributed by atoms with Crippen molar-refractivity contribution in [2.75, 3.05) is 6.61 Å². The van der Waals surface area contributed by atoms with Crippen LogP contribution in [0, 0.1) is 0 Å². The van der Waals surface area contributed by atoms with Crippen molar-refractivity contribution >= 4 is 16.8 Å². The predicted molar refractivity (Wildman–Crippen MR) is 109 cm³/mol. The smallest absolute Gasteiger partial charge is 0.252 e. The van der Waals surface area contributed by atoms with E-state index in [2.05, 4.69) is 15.0 Å². The minimum absolute atomic E-state index is 0.267. The number of primary amides is 1. The van der Waals surface area contributed by atoms with E-state index in [1.54, 1.807) is 36.7 Å². The number of para-hydroxylation sites is 1. The molecule has 2 aromatic heterocycles. The number of pyridine rings is 1. The van der Waals surface area contributed by atoms with Crippen LogP contribution in [0.4, 0.5) is 0 Å². The second-order valence-electron chi connectivity index (χ2n) is 6.17. The number of hydrogen-bond acceptors (Lipinski definition) is 6. The molecule has 0 unspecified atom stereocenters. The molecule has 2 N–H and O–H groups in total. The molecule has 0 radical (unpaired) electrons. The maximum absolute atomic E-state index is 11.8. The van der Waals surface area contributed by atoms with Crippen molar-refractivity contribution < 1.29 is 14.3 Å². The Hall–Kier alpha value is -4.00. The molecule has 0 atom stereocenters. The van der Waals surface area contributed by atoms with Gasteiger partial charge in [0.2, 0.25) is 5.88 Å². The zero-order valence-electron chi connectivity index (χ0n) is 15.7. The first kappa shape index (κ1) is 18.4. The Morgan fingerprint density at radius 1 is 1.07 bits per heavy atom. The van der Waals surface area contributed by atoms with Crippen LogP contribution in [0.25, 0.3) is 22.3 Å². The Morgan fingerprint density at radius 2 is 1.93 bits per heavy atom. The molecule has 0 saturated heterocycles. The minimum atomic E-state index is -0.582. The Kier molecular flexibility index (Phi) is 5.03. The highest BCUT2D eigenvalue weighted by Gasteiger charge is 2.16. The number of amides is 1. The Balaban J connectivity index is 1.89. The summed E-state index contributed by atoms with van der Waals surface area (Å²) in [5, 5.41) is 0.655. The number of fused-ring (bicyclic) bond motifs is 1. The zero-order chi connectivity index (χ0) is 20.2. The Bertz CT molecular complexity index is 1180. The number of carbonyl (C=O) groups is 1. The van der Waals surface area contributed by atoms with Crippen LogP contribution in [0.15, 0.2) is 67.0 Å². The molecule has 29 heavy (non-hydrogen) atoms. The van der Waals surface area contributed by atoms with Crippen molar-refractivity contribution in [1.29, 1.82) is 0 Å². The van der Waals surface area contributed by atoms with Gasteiger partial charge < -0.3 is 15.2 Å². The molecular weight excluding hydrogens is 368 g/mol. The molecule has 2 aromatic carbocycles. The van der Waals surface area contributed by atoms with Gasteiger partial charge in [0.1, 0.15) is 11.5 Å². The summed E-state index contributed by atoms with van der Waals surface area (Å²) in [6, 6.07) is 15.9. The average Bonchev–Trinajstić information content (AvgIpc) is 2.75. The topological polar surface area (TPSA) is 100 Å². The first-order chi connectivity index (χ1) is 14.2. The second-order valence-corrected chi connectivity index (χ2v) is 6.17. The molecule has 4 aromatic rings. The Labute approximate surface area is 167 Å². The van der Waals surface area contributed by atoms with E-state index in [0.29, 0.717) is 40.7 Å². The number of aromatic nitrogens is 3. The number of nitrogens with two attached hydrogens (primary N) is 1. The SMILES string of the molecule is CCOc1ccc2nc(-c3cccnc3)nc(Oc3ccccc3C(N)=O)c2c1. The lowest BCUT2D eigenvalue weighted by atomic mass is 10.2. The van der Waals surface area contributed by atoms with Gasteiger partial charge in [0, 0.05) is 18.0 Å². The second kappa shape index (κ2) is 7.93. The van der Waals surface area contributed by atoms with Gasteiger partial charge in [-0.2, -0.15) is 4.98 Å². The first-order valence-electron chi connectivity index (χ1n) is 9.07. The van der Waals surface area contributed by atoms with E-state index in [1.807, 2.05) is 37.3 Å². The maximum atomic E-state index is 11.8. The lowest BCUT2D eigenvalue weighted by molar-refractivity contribution is 0.0998. The number of hydrogen-bond donors (Lipinski definition) is 1. The summed E-state index contributed by atoms with van der Waals surface area (Å²) in [7, 11) is 0. The van der Waals surface area contributed by atoms with Gasteiger partial charge in [-0.3, -0.25) is 9.78 Å². The normalized spacial score (nSPS) is 10.7. The molecule has 0 bridgehead atoms. The number of rotatable bonds is 6. The van der Waals surface area contributed by atoms with Crippen molar-refractivity contribution in [1.82, 2.24) is 15.0 Å². The number of ether oxygens (including phenoxy) is 2. The Morgan fingerprint density at radius 3 is 2.69 bits per heavy atom. The fourth-order valence-corrected chi connectivity index (χ4v) is 2.90. The minimum Gasteiger partial charge on any atom is -0.494 e. The van der Waals surface area contributed by atoms with Crippen LogP contribution < -0.4 is 15.2 Å². The van der Waals surface area contributed by atoms with Crippen LogP contribution in [-0.2, 0) is 0 Å². The molecule has 0 aliphatic heterocycles. The average molecular weight is 386 g/mol. The van der Waals surface area contributed by atoms with Gasteiger partial charge in [0.05, 0.1) is 23.1 Å². The van der Waals surface area contributed by atoms with Gasteiger partial charge in [0.15, 0.2) is 5.82 Å². The third-order valence-corrected chi connectivity index (χ3v) is 4.22. The number of carbonyl (C=O) groups excluding carboxylic acids is 1. The van der Waals surface area contributed by atoms with Gasteiger partial charge >= 0.3 is 0 Å². The summed E-state index contributed by atoms with van der Waals surface area (Å²) in [5.74, 6) is 1.16. The van der Waals surface area contributed by atoms with Crippen LogP contribution in [0.2, 0.25) is 0 Å². The van der Waals surface area contributed by atoms with Crippen LogP contribution in [0.1, 0.15) is 17.3 Å². The van der Waals surface area contributed by atoms with Gasteiger partial charge in [-0.1, -0.05) is 12.1 Å². The lowest BCUT2D eigenvalue weighted by Gasteiger charge is -2.13. The lowest BCUT2D eigenvalue weighted by Crippen LogP contribution is -2.12. The standard InChI is InChI=1S/C22H18N4O3/c1-2-28-15-9-10-18-17(12-15)22(26-21(25-18)14-6-5-11-24-13-14)29-19-8-4-3-7-16(19)20(23)27/h3-13H,2H2,1H3,(H2,23,27). The molecule has 144 valence electrons. The van der Waals surface area contributed by atoms with Crippen molar-refractivity contribution in [3.05, 3.63) is 72.6 Å². The van der Waals surface area contributed by atoms with Gasteiger partial charge in [-0.15, -0.1) is 0 Å². The van der Waals surface area contributed by atoms with Crippen LogP contribution in [-0.4, -0.2) is 27.5 Å². The summed E-state index contributed by atoms with van der Waals surface area (Å²) in [5.41, 5.74) is 7.17. The zero-order valence-corrected chi connectivity index (χ0v) is 15.7. The summed E-state index contributed by atoms with van der Waals surface area (Å²) < 4.78 is 11.7. The highest BCUT2D eigenvalue weighted by atomic mass is 16.5. The molecule has 0 fully saturated rings. The van der Waals surface area contributed by atoms with E-state index in [-0.39, 0.29) is 5.56 Å². The third kappa shape index (κ3) is 3.84. The maximum Gasteiger partial charge on any atom is 0.252 e. The third-order valence-electron chi connectivity index (χ3n) is 4.22. The van der Waals surface area contributed by atoms with Gasteiger partial charge in [0.25, 0.3) is 5.91 Å². The fourth-order valence-electron chi connectivity index (χ4n) is 2.90. The molecule has 2 heterocycles. The van der Waals surface area contributed by atoms with E-state index in [0.717, 1.165) is 5.56 Å². The number of nitrogens with zero attached hydrogens (tertiary/aromatic N) is 3. The predicted octanol–water partition coefficient (Wildman–Crippen LogP) is 3.98. The number of benzene rings is 2. The van der Waals surface area contributed by atoms with Crippen LogP contribution in [0.5, 0.6) is 17.4 Å². The molecule has 0 aliphatic carbocycles. The van der Waals surface area contributed by atoms with Crippen molar-refractivity contribution in [3.63, 3.8) is 0 Å². The summed E-state index contributed by atoms with van der Waals surface area (Å²) in [6.45, 7) is 2.44. The van der Waals surface area contributed by atoms with Crippen LogP contribution in [0.3, 0.4) is 0 Å². The molecule has 7 heteroatoms. The fraction of sp³-hybridized carbons (Fsp3) is 0.0909. The first-order valence-corrected chi connectivity index (χ1v) is 9.07. The van der Waals surface area contributed by atoms with E-state index >= 15 is 0 Å². The van der Waals surface area contributed by atoms with Crippen molar-refractivity contribution in [2.45, 2.75) is 6.92 Å². The van der Waals surface area contributed by atoms with E-state index in [1.165, 1.54) is 0 Å². The highest BCUT2D eigenvalue weighted by Crippen LogP contribution is 2.33. The molecule has 1 amide bonds. The molecule has 0 aliphatic rings. The highest BCUT2D eigenvalue weighted by molar-refractivity contribution is 5.96. The van der Waals surface area contributed by atoms with E-state index in [9.17, 15) is 4.79 Å². The molecule has 0 spiro atoms. The molecule has 7 nitrogen and oxygen atoms in total. The quantitative estimate of drug-likeness (QED) is 0.538. The summed E-state index contributed by atoms with van der Waals surface area (Å²) in [4.78, 5) is 25.1. The summed E-state index contributed by atoms with van der Waals surface area (Å²) >= 11 is 0. The molecule has 0 saturated carbocycles. The van der Waals surface area contributed by atoms with Crippen molar-refractivity contribution in [2.24, 2.45) is 5.73 Å². The van der Waals surface area contributed by atoms with Gasteiger partial charge in [-0.05, 0) is 49.4 Å². The summed E-state index contributed by atoms with van der Waals surface area (Å²) in [6.07, 6.45) is 3.36. The monoisotopic (exact) mass is 386 g/mol. The van der Waals surface area contributed by atoms with E-state index in [4.69, 9.17) is 15.2 Å². The largest absolute Gasteiger partial charge is 0.494 e. The van der Waals surface area contributed by atoms with E-state index < -0.39 is 5.91 Å². The molecular formula is C22H18N4O3. The van der Waals surface area contributed by atoms with Crippen molar-refractivity contribution in [3.8, 4) is 28.8 Å². The molecule has 4 rings (SSSR count).